The maximum absolute atomic E-state index is 12.5. The Morgan fingerprint density at radius 3 is 1.80 bits per heavy atom. The SMILES string of the molecule is CCC(C)(C)C(=O)OC1(C)C2CC3CC(C2)CC1C3.CCC(C)c1ccc(O)cc1.CCC(C)c1cccc(O)c1. The Bertz CT molecular complexity index is 1070. The van der Waals surface area contributed by atoms with Crippen molar-refractivity contribution in [1.29, 1.82) is 0 Å². The van der Waals surface area contributed by atoms with E-state index in [1.54, 1.807) is 18.2 Å². The Labute approximate surface area is 249 Å². The molecule has 0 radical (unpaired) electrons. The number of aromatic hydroxyl groups is 2. The Hall–Kier alpha value is -2.49. The van der Waals surface area contributed by atoms with Gasteiger partial charge in [-0.2, -0.15) is 0 Å². The quantitative estimate of drug-likeness (QED) is 0.328. The summed E-state index contributed by atoms with van der Waals surface area (Å²) in [4.78, 5) is 12.5. The van der Waals surface area contributed by atoms with Crippen molar-refractivity contribution in [2.75, 3.05) is 0 Å². The fraction of sp³-hybridized carbons (Fsp3) is 0.649. The fourth-order valence-corrected chi connectivity index (χ4v) is 6.87. The van der Waals surface area contributed by atoms with E-state index >= 15 is 0 Å². The van der Waals surface area contributed by atoms with Crippen LogP contribution in [0, 0.1) is 29.1 Å². The van der Waals surface area contributed by atoms with Crippen molar-refractivity contribution in [1.82, 2.24) is 0 Å². The van der Waals surface area contributed by atoms with E-state index in [0.29, 0.717) is 35.2 Å². The molecule has 0 aromatic heterocycles. The number of hydrogen-bond donors (Lipinski definition) is 2. The Morgan fingerprint density at radius 1 is 0.829 bits per heavy atom. The van der Waals surface area contributed by atoms with Gasteiger partial charge in [-0.25, -0.2) is 0 Å². The van der Waals surface area contributed by atoms with Gasteiger partial charge in [-0.15, -0.1) is 0 Å². The summed E-state index contributed by atoms with van der Waals surface area (Å²) in [7, 11) is 0. The van der Waals surface area contributed by atoms with Crippen LogP contribution >= 0.6 is 0 Å². The molecule has 41 heavy (non-hydrogen) atoms. The highest BCUT2D eigenvalue weighted by Crippen LogP contribution is 2.59. The molecule has 2 N–H and O–H groups in total. The van der Waals surface area contributed by atoms with Crippen LogP contribution in [-0.4, -0.2) is 21.8 Å². The van der Waals surface area contributed by atoms with Crippen LogP contribution in [0.25, 0.3) is 0 Å². The summed E-state index contributed by atoms with van der Waals surface area (Å²) in [6, 6.07) is 14.9. The standard InChI is InChI=1S/C17H28O2.2C10H14O/c1-5-16(2,3)15(18)19-17(4)13-7-11-6-12(9-13)10-14(17)8-11;1-3-8(2)9-4-6-10(11)7-5-9;1-3-8(2)9-5-4-6-10(11)7-9/h11-14H,5-10H2,1-4H3;2*4-8,11H,3H2,1-2H3. The van der Waals surface area contributed by atoms with Crippen LogP contribution in [0.1, 0.15) is 130 Å². The van der Waals surface area contributed by atoms with Crippen molar-refractivity contribution in [3.05, 3.63) is 59.7 Å². The van der Waals surface area contributed by atoms with Crippen LogP contribution in [-0.2, 0) is 9.53 Å². The fourth-order valence-electron chi connectivity index (χ4n) is 6.87. The lowest BCUT2D eigenvalue weighted by molar-refractivity contribution is -0.211. The van der Waals surface area contributed by atoms with E-state index in [1.165, 1.54) is 43.2 Å². The average Bonchev–Trinajstić information content (AvgIpc) is 2.96. The van der Waals surface area contributed by atoms with Crippen LogP contribution in [0.2, 0.25) is 0 Å². The van der Waals surface area contributed by atoms with Gasteiger partial charge in [0.2, 0.25) is 0 Å². The number of benzene rings is 2. The molecule has 2 atom stereocenters. The smallest absolute Gasteiger partial charge is 0.312 e. The minimum absolute atomic E-state index is 0.0185. The monoisotopic (exact) mass is 564 g/mol. The summed E-state index contributed by atoms with van der Waals surface area (Å²) >= 11 is 0. The largest absolute Gasteiger partial charge is 0.508 e. The number of carbonyl (C=O) groups is 1. The molecule has 0 saturated heterocycles. The zero-order valence-corrected chi connectivity index (χ0v) is 27.0. The van der Waals surface area contributed by atoms with Crippen LogP contribution in [0.5, 0.6) is 11.5 Å². The van der Waals surface area contributed by atoms with Crippen LogP contribution < -0.4 is 0 Å². The molecule has 4 nitrogen and oxygen atoms in total. The number of rotatable bonds is 7. The average molecular weight is 565 g/mol. The van der Waals surface area contributed by atoms with E-state index in [2.05, 4.69) is 41.5 Å². The van der Waals surface area contributed by atoms with Gasteiger partial charge in [0, 0.05) is 0 Å². The highest BCUT2D eigenvalue weighted by Gasteiger charge is 2.57. The second kappa shape index (κ2) is 14.1. The van der Waals surface area contributed by atoms with Crippen LogP contribution in [0.4, 0.5) is 0 Å². The molecule has 4 aliphatic carbocycles. The van der Waals surface area contributed by atoms with Gasteiger partial charge in [-0.1, -0.05) is 58.9 Å². The maximum atomic E-state index is 12.5. The highest BCUT2D eigenvalue weighted by molar-refractivity contribution is 5.76. The number of phenolic OH excluding ortho intramolecular Hbond substituents is 2. The molecule has 4 bridgehead atoms. The second-order valence-electron chi connectivity index (χ2n) is 13.9. The van der Waals surface area contributed by atoms with Crippen LogP contribution in [0.3, 0.4) is 0 Å². The van der Waals surface area contributed by atoms with Crippen molar-refractivity contribution in [3.63, 3.8) is 0 Å². The van der Waals surface area contributed by atoms with Gasteiger partial charge in [-0.3, -0.25) is 4.79 Å². The number of carbonyl (C=O) groups excluding carboxylic acids is 1. The maximum Gasteiger partial charge on any atom is 0.312 e. The molecule has 0 amide bonds. The lowest BCUT2D eigenvalue weighted by atomic mass is 9.50. The molecule has 2 aromatic carbocycles. The molecule has 228 valence electrons. The van der Waals surface area contributed by atoms with E-state index in [9.17, 15) is 4.79 Å². The summed E-state index contributed by atoms with van der Waals surface area (Å²) in [5.41, 5.74) is 2.01. The second-order valence-corrected chi connectivity index (χ2v) is 13.9. The topological polar surface area (TPSA) is 66.8 Å². The van der Waals surface area contributed by atoms with Crippen molar-refractivity contribution in [2.45, 2.75) is 124 Å². The third-order valence-corrected chi connectivity index (χ3v) is 10.6. The summed E-state index contributed by atoms with van der Waals surface area (Å²) in [5, 5.41) is 18.2. The van der Waals surface area contributed by atoms with Crippen molar-refractivity contribution < 1.29 is 19.7 Å². The van der Waals surface area contributed by atoms with E-state index in [-0.39, 0.29) is 17.0 Å². The highest BCUT2D eigenvalue weighted by atomic mass is 16.6. The zero-order chi connectivity index (χ0) is 30.4. The number of ether oxygens (including phenoxy) is 1. The van der Waals surface area contributed by atoms with E-state index in [4.69, 9.17) is 14.9 Å². The minimum Gasteiger partial charge on any atom is -0.508 e. The molecular weight excluding hydrogens is 508 g/mol. The van der Waals surface area contributed by atoms with Gasteiger partial charge in [0.05, 0.1) is 5.41 Å². The van der Waals surface area contributed by atoms with Crippen molar-refractivity contribution in [3.8, 4) is 11.5 Å². The first-order chi connectivity index (χ1) is 19.3. The van der Waals surface area contributed by atoms with Gasteiger partial charge in [0.1, 0.15) is 17.1 Å². The third-order valence-electron chi connectivity index (χ3n) is 10.6. The van der Waals surface area contributed by atoms with Crippen molar-refractivity contribution in [2.24, 2.45) is 29.1 Å². The van der Waals surface area contributed by atoms with Gasteiger partial charge in [0.25, 0.3) is 0 Å². The zero-order valence-electron chi connectivity index (χ0n) is 27.0. The summed E-state index contributed by atoms with van der Waals surface area (Å²) in [6.45, 7) is 17.0. The Balaban J connectivity index is 0.000000181. The molecule has 2 unspecified atom stereocenters. The predicted octanol–water partition coefficient (Wildman–Crippen LogP) is 9.99. The van der Waals surface area contributed by atoms with Gasteiger partial charge < -0.3 is 14.9 Å². The molecule has 4 aliphatic rings. The van der Waals surface area contributed by atoms with Crippen LogP contribution in [0.15, 0.2) is 48.5 Å². The number of esters is 1. The predicted molar refractivity (Wildman–Crippen MR) is 169 cm³/mol. The summed E-state index contributed by atoms with van der Waals surface area (Å²) in [5.74, 6) is 4.96. The van der Waals surface area contributed by atoms with Gasteiger partial charge >= 0.3 is 5.97 Å². The van der Waals surface area contributed by atoms with Crippen molar-refractivity contribution >= 4 is 5.97 Å². The Kier molecular flexibility index (Phi) is 11.4. The first-order valence-electron chi connectivity index (χ1n) is 16.1. The first-order valence-corrected chi connectivity index (χ1v) is 16.1. The molecule has 4 heteroatoms. The molecule has 6 rings (SSSR count). The lowest BCUT2D eigenvalue weighted by Crippen LogP contribution is -2.58. The summed E-state index contributed by atoms with van der Waals surface area (Å²) < 4.78 is 6.13. The third kappa shape index (κ3) is 8.30. The summed E-state index contributed by atoms with van der Waals surface area (Å²) in [6.07, 6.45) is 9.73. The van der Waals surface area contributed by atoms with E-state index in [0.717, 1.165) is 31.1 Å². The molecule has 4 saturated carbocycles. The molecule has 4 fully saturated rings. The molecule has 0 aliphatic heterocycles. The molecule has 2 aromatic rings. The number of hydrogen-bond acceptors (Lipinski definition) is 4. The molecular formula is C37H56O4. The minimum atomic E-state index is -0.336. The first kappa shape index (κ1) is 33.0. The van der Waals surface area contributed by atoms with Gasteiger partial charge in [-0.05, 0) is 143 Å². The number of phenols is 2. The Morgan fingerprint density at radius 2 is 1.34 bits per heavy atom. The van der Waals surface area contributed by atoms with E-state index in [1.807, 2.05) is 44.2 Å². The van der Waals surface area contributed by atoms with Gasteiger partial charge in [0.15, 0.2) is 0 Å². The normalized spacial score (nSPS) is 27.5. The van der Waals surface area contributed by atoms with E-state index < -0.39 is 0 Å². The molecule has 0 spiro atoms. The molecule has 0 heterocycles. The lowest BCUT2D eigenvalue weighted by Gasteiger charge is -2.59.